The van der Waals surface area contributed by atoms with Crippen LogP contribution in [0.3, 0.4) is 0 Å². The molecule has 33 heavy (non-hydrogen) atoms. The van der Waals surface area contributed by atoms with Gasteiger partial charge in [0.05, 0.1) is 18.4 Å². The Morgan fingerprint density at radius 2 is 1.42 bits per heavy atom. The molecule has 1 heterocycles. The summed E-state index contributed by atoms with van der Waals surface area (Å²) >= 11 is 0. The smallest absolute Gasteiger partial charge is 0.317 e. The monoisotopic (exact) mass is 454 g/mol. The van der Waals surface area contributed by atoms with Crippen LogP contribution < -0.4 is 0 Å². The van der Waals surface area contributed by atoms with E-state index in [9.17, 15) is 9.59 Å². The van der Waals surface area contributed by atoms with Crippen LogP contribution in [0.5, 0.6) is 0 Å². The number of hydrogen-bond donors (Lipinski definition) is 0. The largest absolute Gasteiger partial charge is 0.472 e. The van der Waals surface area contributed by atoms with Crippen molar-refractivity contribution in [3.05, 3.63) is 70.8 Å². The quantitative estimate of drug-likeness (QED) is 0.116. The van der Waals surface area contributed by atoms with Gasteiger partial charge in [-0.2, -0.15) is 0 Å². The van der Waals surface area contributed by atoms with Crippen LogP contribution in [-0.2, 0) is 9.53 Å². The standard InChI is InChI=1S/C29H42O4/c1-7-33-29(31)27(28(30)26-19-20-32-21-26)18-17-25(6)16-10-15-24(5)14-9-13-23(4)12-8-11-22(2)3/h11,13,15,17,19-21,27H,7-10,12,14,16,18H2,1-6H3. The summed E-state index contributed by atoms with van der Waals surface area (Å²) in [5, 5.41) is 0. The van der Waals surface area contributed by atoms with Gasteiger partial charge in [-0.05, 0) is 92.6 Å². The van der Waals surface area contributed by atoms with E-state index in [1.165, 1.54) is 34.8 Å². The maximum atomic E-state index is 12.7. The molecule has 182 valence electrons. The first-order valence-corrected chi connectivity index (χ1v) is 12.1. The molecule has 1 aromatic heterocycles. The molecule has 4 nitrogen and oxygen atoms in total. The van der Waals surface area contributed by atoms with Crippen LogP contribution in [0.2, 0.25) is 0 Å². The number of furan rings is 1. The van der Waals surface area contributed by atoms with Gasteiger partial charge in [0.15, 0.2) is 5.78 Å². The van der Waals surface area contributed by atoms with E-state index >= 15 is 0 Å². The summed E-state index contributed by atoms with van der Waals surface area (Å²) in [4.78, 5) is 25.0. The topological polar surface area (TPSA) is 56.5 Å². The lowest BCUT2D eigenvalue weighted by Crippen LogP contribution is -2.25. The lowest BCUT2D eigenvalue weighted by atomic mass is 9.94. The minimum Gasteiger partial charge on any atom is -0.472 e. The van der Waals surface area contributed by atoms with Crippen LogP contribution in [0.4, 0.5) is 0 Å². The Morgan fingerprint density at radius 3 is 1.91 bits per heavy atom. The molecule has 0 aliphatic heterocycles. The second kappa shape index (κ2) is 16.1. The molecule has 0 N–H and O–H groups in total. The molecular weight excluding hydrogens is 412 g/mol. The third-order valence-corrected chi connectivity index (χ3v) is 5.55. The lowest BCUT2D eigenvalue weighted by Gasteiger charge is -2.12. The van der Waals surface area contributed by atoms with Gasteiger partial charge >= 0.3 is 5.97 Å². The van der Waals surface area contributed by atoms with Crippen molar-refractivity contribution in [2.24, 2.45) is 5.92 Å². The van der Waals surface area contributed by atoms with Gasteiger partial charge < -0.3 is 9.15 Å². The molecule has 0 saturated carbocycles. The van der Waals surface area contributed by atoms with Gasteiger partial charge in [-0.3, -0.25) is 9.59 Å². The second-order valence-electron chi connectivity index (χ2n) is 8.97. The number of carbonyl (C=O) groups excluding carboxylic acids is 2. The van der Waals surface area contributed by atoms with E-state index in [-0.39, 0.29) is 12.4 Å². The molecule has 0 aliphatic rings. The van der Waals surface area contributed by atoms with Gasteiger partial charge in [0.25, 0.3) is 0 Å². The van der Waals surface area contributed by atoms with E-state index in [0.717, 1.165) is 38.5 Å². The first-order chi connectivity index (χ1) is 15.7. The van der Waals surface area contributed by atoms with Crippen LogP contribution in [0.15, 0.2) is 69.6 Å². The first-order valence-electron chi connectivity index (χ1n) is 12.1. The number of ether oxygens (including phenoxy) is 1. The minimum atomic E-state index is -0.832. The number of carbonyl (C=O) groups is 2. The van der Waals surface area contributed by atoms with Crippen molar-refractivity contribution in [3.8, 4) is 0 Å². The van der Waals surface area contributed by atoms with Gasteiger partial charge in [0.2, 0.25) is 0 Å². The van der Waals surface area contributed by atoms with Crippen LogP contribution >= 0.6 is 0 Å². The number of allylic oxidation sites excluding steroid dienone is 8. The van der Waals surface area contributed by atoms with E-state index in [1.54, 1.807) is 13.0 Å². The highest BCUT2D eigenvalue weighted by Gasteiger charge is 2.28. The molecule has 0 amide bonds. The van der Waals surface area contributed by atoms with E-state index in [0.29, 0.717) is 12.0 Å². The van der Waals surface area contributed by atoms with Gasteiger partial charge in [0.1, 0.15) is 12.2 Å². The molecule has 0 radical (unpaired) electrons. The highest BCUT2D eigenvalue weighted by Crippen LogP contribution is 2.19. The summed E-state index contributed by atoms with van der Waals surface area (Å²) in [5.41, 5.74) is 5.81. The SMILES string of the molecule is CCOC(=O)C(CC=C(C)CCC=C(C)CCC=C(C)CCC=C(C)C)C(=O)c1ccoc1. The Morgan fingerprint density at radius 1 is 0.879 bits per heavy atom. The lowest BCUT2D eigenvalue weighted by molar-refractivity contribution is -0.146. The van der Waals surface area contributed by atoms with Crippen molar-refractivity contribution in [2.45, 2.75) is 86.5 Å². The maximum absolute atomic E-state index is 12.7. The maximum Gasteiger partial charge on any atom is 0.317 e. The number of hydrogen-bond acceptors (Lipinski definition) is 4. The molecule has 0 aliphatic carbocycles. The number of Topliss-reactive ketones (excluding diaryl/α,β-unsaturated/α-hetero) is 1. The van der Waals surface area contributed by atoms with Gasteiger partial charge in [-0.25, -0.2) is 0 Å². The Hall–Kier alpha value is -2.62. The molecule has 0 spiro atoms. The summed E-state index contributed by atoms with van der Waals surface area (Å²) in [6, 6.07) is 1.58. The molecule has 0 fully saturated rings. The van der Waals surface area contributed by atoms with Crippen molar-refractivity contribution in [1.82, 2.24) is 0 Å². The van der Waals surface area contributed by atoms with Crippen LogP contribution in [-0.4, -0.2) is 18.4 Å². The molecule has 0 aromatic carbocycles. The average Bonchev–Trinajstić information content (AvgIpc) is 3.28. The van der Waals surface area contributed by atoms with E-state index in [1.807, 2.05) is 13.0 Å². The van der Waals surface area contributed by atoms with E-state index < -0.39 is 11.9 Å². The number of rotatable bonds is 15. The van der Waals surface area contributed by atoms with Crippen molar-refractivity contribution in [1.29, 1.82) is 0 Å². The predicted octanol–water partition coefficient (Wildman–Crippen LogP) is 8.18. The van der Waals surface area contributed by atoms with Crippen LogP contribution in [0, 0.1) is 5.92 Å². The van der Waals surface area contributed by atoms with Crippen molar-refractivity contribution >= 4 is 11.8 Å². The molecular formula is C29H42O4. The fourth-order valence-corrected chi connectivity index (χ4v) is 3.47. The summed E-state index contributed by atoms with van der Waals surface area (Å²) in [7, 11) is 0. The number of esters is 1. The van der Waals surface area contributed by atoms with Crippen molar-refractivity contribution < 1.29 is 18.7 Å². The third kappa shape index (κ3) is 12.3. The zero-order chi connectivity index (χ0) is 24.6. The summed E-state index contributed by atoms with van der Waals surface area (Å²) in [6.07, 6.45) is 18.4. The van der Waals surface area contributed by atoms with Crippen molar-refractivity contribution in [3.63, 3.8) is 0 Å². The fourth-order valence-electron chi connectivity index (χ4n) is 3.47. The fraction of sp³-hybridized carbons (Fsp3) is 0.517. The Kier molecular flexibility index (Phi) is 13.8. The molecule has 1 unspecified atom stereocenters. The highest BCUT2D eigenvalue weighted by molar-refractivity contribution is 6.08. The number of ketones is 1. The molecule has 1 rings (SSSR count). The van der Waals surface area contributed by atoms with Crippen LogP contribution in [0.25, 0.3) is 0 Å². The molecule has 0 saturated heterocycles. The second-order valence-corrected chi connectivity index (χ2v) is 8.97. The summed E-state index contributed by atoms with van der Waals surface area (Å²) in [6.45, 7) is 12.7. The van der Waals surface area contributed by atoms with Gasteiger partial charge in [-0.15, -0.1) is 0 Å². The van der Waals surface area contributed by atoms with Crippen LogP contribution in [0.1, 0.15) is 96.8 Å². The summed E-state index contributed by atoms with van der Waals surface area (Å²) < 4.78 is 10.1. The third-order valence-electron chi connectivity index (χ3n) is 5.55. The predicted molar refractivity (Wildman–Crippen MR) is 136 cm³/mol. The zero-order valence-electron chi connectivity index (χ0n) is 21.4. The highest BCUT2D eigenvalue weighted by atomic mass is 16.5. The molecule has 1 aromatic rings. The minimum absolute atomic E-state index is 0.255. The van der Waals surface area contributed by atoms with Gasteiger partial charge in [0, 0.05) is 0 Å². The Balaban J connectivity index is 2.51. The summed E-state index contributed by atoms with van der Waals surface area (Å²) in [5.74, 6) is -1.57. The Bertz CT molecular complexity index is 846. The first kappa shape index (κ1) is 28.4. The van der Waals surface area contributed by atoms with Gasteiger partial charge in [-0.1, -0.05) is 46.6 Å². The molecule has 0 bridgehead atoms. The Labute approximate surface area is 200 Å². The van der Waals surface area contributed by atoms with Crippen molar-refractivity contribution in [2.75, 3.05) is 6.61 Å². The molecule has 1 atom stereocenters. The normalized spacial score (nSPS) is 13.6. The average molecular weight is 455 g/mol. The zero-order valence-corrected chi connectivity index (χ0v) is 21.4. The molecule has 4 heteroatoms. The van der Waals surface area contributed by atoms with E-state index in [4.69, 9.17) is 9.15 Å². The van der Waals surface area contributed by atoms with E-state index in [2.05, 4.69) is 45.9 Å².